The van der Waals surface area contributed by atoms with Gasteiger partial charge in [-0.2, -0.15) is 5.10 Å². The topological polar surface area (TPSA) is 129 Å². The number of amides is 3. The number of hydrogen-bond acceptors (Lipinski definition) is 6. The van der Waals surface area contributed by atoms with Crippen LogP contribution < -0.4 is 20.4 Å². The first-order valence-electron chi connectivity index (χ1n) is 10.6. The quantitative estimate of drug-likeness (QED) is 0.353. The summed E-state index contributed by atoms with van der Waals surface area (Å²) < 4.78 is 22.0. The van der Waals surface area contributed by atoms with E-state index < -0.39 is 24.1 Å². The molecule has 178 valence electrons. The zero-order valence-corrected chi connectivity index (χ0v) is 25.3. The molecule has 2 aromatic rings. The molecule has 2 aliphatic heterocycles. The van der Waals surface area contributed by atoms with Gasteiger partial charge in [-0.3, -0.25) is 14.4 Å². The van der Waals surface area contributed by atoms with Crippen LogP contribution in [0.15, 0.2) is 24.4 Å². The largest absolute Gasteiger partial charge is 0.465 e. The van der Waals surface area contributed by atoms with Gasteiger partial charge < -0.3 is 25.4 Å². The Morgan fingerprint density at radius 1 is 1.29 bits per heavy atom. The van der Waals surface area contributed by atoms with Gasteiger partial charge in [0.05, 0.1) is 36.7 Å². The standard InChI is InChI=1S/C21H25FN6O5.Hs/c1-13(29)24-8-16-11-28(21(32)33-16)15-3-4-19(17(22)7-15)26-9-14-10-27(25-18(14)12-26)6-2-5-23-20(30)31;/h3-4,7,10,16,23H,2,5-6,8-9,11-12H2,1H3,(H,24,29)(H,30,31);/t16-;/m0./s1. The molecule has 0 aliphatic carbocycles. The molecule has 1 aromatic carbocycles. The van der Waals surface area contributed by atoms with E-state index in [0.717, 1.165) is 11.3 Å². The first-order chi connectivity index (χ1) is 15.8. The van der Waals surface area contributed by atoms with Gasteiger partial charge in [0.1, 0.15) is 11.9 Å². The third-order valence-electron chi connectivity index (χ3n) is 5.50. The third-order valence-corrected chi connectivity index (χ3v) is 5.50. The van der Waals surface area contributed by atoms with Crippen LogP contribution in [0.5, 0.6) is 0 Å². The molecule has 1 atom stereocenters. The van der Waals surface area contributed by atoms with Crippen molar-refractivity contribution in [1.29, 1.82) is 0 Å². The van der Waals surface area contributed by atoms with Crippen molar-refractivity contribution in [2.24, 2.45) is 0 Å². The summed E-state index contributed by atoms with van der Waals surface area (Å²) >= 11 is 0. The number of rotatable bonds is 8. The van der Waals surface area contributed by atoms with Crippen LogP contribution in [0, 0.1) is 5.82 Å². The van der Waals surface area contributed by atoms with Gasteiger partial charge in [0.15, 0.2) is 0 Å². The first kappa shape index (κ1) is 23.8. The number of halogens is 1. The summed E-state index contributed by atoms with van der Waals surface area (Å²) in [5, 5.41) is 18.0. The molecule has 34 heavy (non-hydrogen) atoms. The number of ether oxygens (including phenoxy) is 1. The van der Waals surface area contributed by atoms with Crippen molar-refractivity contribution >= 4 is 29.5 Å². The molecule has 3 N–H and O–H groups in total. The number of carbonyl (C=O) groups excluding carboxylic acids is 2. The van der Waals surface area contributed by atoms with Crippen LogP contribution in [-0.4, -0.2) is 58.7 Å². The molecule has 0 unspecified atom stereocenters. The summed E-state index contributed by atoms with van der Waals surface area (Å²) in [6.07, 6.45) is 0.407. The molecule has 3 heterocycles. The van der Waals surface area contributed by atoms with Crippen LogP contribution in [0.4, 0.5) is 25.4 Å². The number of hydrogen-bond donors (Lipinski definition) is 3. The van der Waals surface area contributed by atoms with Gasteiger partial charge >= 0.3 is 12.2 Å². The Hall–Kier alpha value is -4.83. The van der Waals surface area contributed by atoms with Gasteiger partial charge in [0, 0.05) is 38.3 Å². The minimum absolute atomic E-state index is 0. The number of nitrogens with one attached hydrogen (secondary N) is 2. The zero-order chi connectivity index (χ0) is 23.5. The zero-order valence-electron chi connectivity index (χ0n) is 18.8. The Morgan fingerprint density at radius 3 is 2.76 bits per heavy atom. The summed E-state index contributed by atoms with van der Waals surface area (Å²) in [5.74, 6) is -0.670. The van der Waals surface area contributed by atoms with Gasteiger partial charge in [-0.05, 0) is 24.6 Å². The van der Waals surface area contributed by atoms with Crippen LogP contribution in [-0.2, 0) is 29.2 Å². The van der Waals surface area contributed by atoms with Crippen molar-refractivity contribution in [2.45, 2.75) is 39.1 Å². The summed E-state index contributed by atoms with van der Waals surface area (Å²) in [6, 6.07) is 4.62. The van der Waals surface area contributed by atoms with Gasteiger partial charge in [-0.15, -0.1) is 0 Å². The number of cyclic esters (lactones) is 1. The predicted molar refractivity (Wildman–Crippen MR) is 115 cm³/mol. The summed E-state index contributed by atoms with van der Waals surface area (Å²) in [7, 11) is 0. The van der Waals surface area contributed by atoms with Crippen molar-refractivity contribution in [3.8, 4) is 0 Å². The van der Waals surface area contributed by atoms with Crippen molar-refractivity contribution in [3.63, 3.8) is 0 Å². The molecular weight excluding hydrogens is 704 g/mol. The second-order valence-corrected chi connectivity index (χ2v) is 7.99. The fourth-order valence-electron chi connectivity index (χ4n) is 3.95. The average Bonchev–Trinajstić information content (AvgIpc) is 3.42. The predicted octanol–water partition coefficient (Wildman–Crippen LogP) is 1.66. The van der Waals surface area contributed by atoms with Crippen LogP contribution in [0.2, 0.25) is 0 Å². The number of aryl methyl sites for hydroxylation is 1. The van der Waals surface area contributed by atoms with Crippen molar-refractivity contribution in [2.75, 3.05) is 29.4 Å². The number of carboxylic acid groups (broad SMARTS) is 1. The van der Waals surface area contributed by atoms with Crippen molar-refractivity contribution in [3.05, 3.63) is 41.5 Å². The minimum Gasteiger partial charge on any atom is -0.465 e. The number of nitrogens with zero attached hydrogens (tertiary/aromatic N) is 4. The first-order valence-corrected chi connectivity index (χ1v) is 10.6. The smallest absolute Gasteiger partial charge is 0.414 e. The monoisotopic (exact) mass is 729 g/mol. The van der Waals surface area contributed by atoms with E-state index in [1.807, 2.05) is 11.1 Å². The molecule has 11 nitrogen and oxygen atoms in total. The van der Waals surface area contributed by atoms with Gasteiger partial charge in [-0.1, -0.05) is 0 Å². The van der Waals surface area contributed by atoms with E-state index >= 15 is 0 Å². The SMILES string of the molecule is CC(=O)NC[C@H]1CN(c2ccc(N3Cc4cn(CCCNC(=O)O)nc4C3)c(F)c2)C(=O)O1.[Hs]. The fraction of sp³-hybridized carbons (Fsp3) is 0.429. The molecule has 0 spiro atoms. The molecule has 3 amide bonds. The Balaban J connectivity index is 0.00000324. The Labute approximate surface area is 189 Å². The van der Waals surface area contributed by atoms with E-state index in [1.54, 1.807) is 16.8 Å². The summed E-state index contributed by atoms with van der Waals surface area (Å²) in [4.78, 5) is 36.9. The van der Waals surface area contributed by atoms with Crippen LogP contribution in [0.25, 0.3) is 0 Å². The molecule has 1 fully saturated rings. The van der Waals surface area contributed by atoms with Crippen LogP contribution in [0.3, 0.4) is 0 Å². The maximum Gasteiger partial charge on any atom is 0.414 e. The Bertz CT molecular complexity index is 1060. The molecule has 0 radical (unpaired) electrons. The number of carbonyl (C=O) groups is 3. The molecule has 13 heteroatoms. The van der Waals surface area contributed by atoms with E-state index in [0.29, 0.717) is 44.0 Å². The third kappa shape index (κ3) is 5.14. The Morgan fingerprint density at radius 2 is 2.09 bits per heavy atom. The molecular formula is C21H25FHsN6O5. The van der Waals surface area contributed by atoms with E-state index in [4.69, 9.17) is 9.84 Å². The van der Waals surface area contributed by atoms with Gasteiger partial charge in [0.2, 0.25) is 5.91 Å². The van der Waals surface area contributed by atoms with E-state index in [2.05, 4.69) is 15.7 Å². The molecule has 4 rings (SSSR count). The fourth-order valence-corrected chi connectivity index (χ4v) is 3.95. The second-order valence-electron chi connectivity index (χ2n) is 7.99. The number of benzene rings is 1. The Kier molecular flexibility index (Phi) is 6.84. The molecule has 0 saturated carbocycles. The molecule has 1 saturated heterocycles. The van der Waals surface area contributed by atoms with E-state index in [1.165, 1.54) is 17.9 Å². The van der Waals surface area contributed by atoms with E-state index in [9.17, 15) is 18.8 Å². The van der Waals surface area contributed by atoms with Gasteiger partial charge in [0.25, 0.3) is 0 Å². The van der Waals surface area contributed by atoms with Gasteiger partial charge in [-0.25, -0.2) is 14.0 Å². The maximum atomic E-state index is 15.0. The van der Waals surface area contributed by atoms with Crippen LogP contribution >= 0.6 is 0 Å². The van der Waals surface area contributed by atoms with Crippen molar-refractivity contribution in [1.82, 2.24) is 20.4 Å². The second kappa shape index (κ2) is 9.76. The maximum absolute atomic E-state index is 15.0. The molecule has 1 aromatic heterocycles. The molecule has 0 bridgehead atoms. The summed E-state index contributed by atoms with van der Waals surface area (Å²) in [6.45, 7) is 3.71. The van der Waals surface area contributed by atoms with Crippen molar-refractivity contribution < 1.29 is 28.6 Å². The van der Waals surface area contributed by atoms with Crippen LogP contribution in [0.1, 0.15) is 24.6 Å². The summed E-state index contributed by atoms with van der Waals surface area (Å²) in [5.41, 5.74) is 2.65. The number of fused-ring (bicyclic) bond motifs is 1. The minimum atomic E-state index is -1.05. The normalized spacial score (nSPS) is 16.6. The molecule has 2 aliphatic rings. The number of aromatic nitrogens is 2. The number of anilines is 2. The van der Waals surface area contributed by atoms with E-state index in [-0.39, 0.29) is 19.0 Å². The average molecular weight is 729 g/mol.